The Balaban J connectivity index is 2.49. The van der Waals surface area contributed by atoms with Crippen molar-refractivity contribution in [1.82, 2.24) is 10.2 Å². The Morgan fingerprint density at radius 1 is 1.27 bits per heavy atom. The fourth-order valence-corrected chi connectivity index (χ4v) is 2.32. The zero-order valence-electron chi connectivity index (χ0n) is 11.7. The summed E-state index contributed by atoms with van der Waals surface area (Å²) in [5.41, 5.74) is -3.48. The van der Waals surface area contributed by atoms with Crippen molar-refractivity contribution < 1.29 is 27.9 Å². The number of rotatable bonds is 4. The van der Waals surface area contributed by atoms with E-state index in [0.29, 0.717) is 4.90 Å². The number of urea groups is 1. The molecule has 0 bridgehead atoms. The van der Waals surface area contributed by atoms with E-state index in [1.165, 1.54) is 18.2 Å². The number of carbonyl (C=O) groups excluding carboxylic acids is 2. The van der Waals surface area contributed by atoms with Crippen LogP contribution in [0.5, 0.6) is 0 Å². The molecular formula is C14H15F3N2O3. The highest BCUT2D eigenvalue weighted by atomic mass is 19.4. The molecule has 1 aromatic rings. The lowest BCUT2D eigenvalue weighted by atomic mass is 9.89. The number of amides is 3. The third-order valence-electron chi connectivity index (χ3n) is 3.60. The van der Waals surface area contributed by atoms with Gasteiger partial charge in [0.1, 0.15) is 0 Å². The van der Waals surface area contributed by atoms with E-state index < -0.39 is 36.3 Å². The van der Waals surface area contributed by atoms with Crippen molar-refractivity contribution in [3.8, 4) is 0 Å². The first kappa shape index (κ1) is 16.3. The molecule has 0 aliphatic carbocycles. The van der Waals surface area contributed by atoms with Crippen LogP contribution in [0.2, 0.25) is 0 Å². The average Bonchev–Trinajstić information content (AvgIpc) is 2.73. The van der Waals surface area contributed by atoms with Gasteiger partial charge in [0.2, 0.25) is 5.54 Å². The first-order chi connectivity index (χ1) is 10.2. The average molecular weight is 316 g/mol. The predicted octanol–water partition coefficient (Wildman–Crippen LogP) is 1.77. The molecule has 3 amide bonds. The van der Waals surface area contributed by atoms with Crippen molar-refractivity contribution in [3.63, 3.8) is 0 Å². The number of β-amino-alcohol motifs (C(OH)–C–C–N with tert-alkyl or cyclic N) is 1. The van der Waals surface area contributed by atoms with Crippen LogP contribution < -0.4 is 5.32 Å². The normalized spacial score (nSPS) is 23.6. The molecule has 0 radical (unpaired) electrons. The number of aliphatic hydroxyl groups is 1. The molecule has 5 nitrogen and oxygen atoms in total. The summed E-state index contributed by atoms with van der Waals surface area (Å²) in [5.74, 6) is -1.43. The van der Waals surface area contributed by atoms with Crippen molar-refractivity contribution >= 4 is 11.9 Å². The van der Waals surface area contributed by atoms with Gasteiger partial charge in [0.05, 0.1) is 12.6 Å². The number of imide groups is 1. The molecule has 1 aliphatic heterocycles. The number of hydrogen-bond donors (Lipinski definition) is 2. The lowest BCUT2D eigenvalue weighted by molar-refractivity contribution is -0.198. The largest absolute Gasteiger partial charge is 0.425 e. The number of benzene rings is 1. The van der Waals surface area contributed by atoms with Crippen LogP contribution in [0.1, 0.15) is 18.9 Å². The molecule has 1 aromatic carbocycles. The van der Waals surface area contributed by atoms with Crippen molar-refractivity contribution in [2.24, 2.45) is 0 Å². The van der Waals surface area contributed by atoms with Crippen molar-refractivity contribution in [3.05, 3.63) is 35.9 Å². The zero-order valence-corrected chi connectivity index (χ0v) is 11.7. The molecule has 1 heterocycles. The predicted molar refractivity (Wildman–Crippen MR) is 70.7 cm³/mol. The Kier molecular flexibility index (Phi) is 4.15. The number of halogens is 3. The second-order valence-corrected chi connectivity index (χ2v) is 5.02. The Labute approximate surface area is 124 Å². The fourth-order valence-electron chi connectivity index (χ4n) is 2.32. The molecule has 8 heteroatoms. The molecule has 2 N–H and O–H groups in total. The van der Waals surface area contributed by atoms with Crippen LogP contribution in [0.3, 0.4) is 0 Å². The molecule has 2 rings (SSSR count). The van der Waals surface area contributed by atoms with Crippen LogP contribution in [0.4, 0.5) is 18.0 Å². The van der Waals surface area contributed by atoms with Crippen LogP contribution in [-0.2, 0) is 10.3 Å². The Hall–Kier alpha value is -2.09. The lowest BCUT2D eigenvalue weighted by Crippen LogP contribution is -2.55. The van der Waals surface area contributed by atoms with Crippen molar-refractivity contribution in [1.29, 1.82) is 0 Å². The van der Waals surface area contributed by atoms with Gasteiger partial charge in [-0.2, -0.15) is 13.2 Å². The maximum Gasteiger partial charge on any atom is 0.425 e. The van der Waals surface area contributed by atoms with E-state index in [0.717, 1.165) is 12.1 Å². The maximum absolute atomic E-state index is 13.6. The van der Waals surface area contributed by atoms with Crippen molar-refractivity contribution in [2.45, 2.75) is 31.2 Å². The summed E-state index contributed by atoms with van der Waals surface area (Å²) < 4.78 is 40.8. The number of aliphatic hydroxyl groups excluding tert-OH is 1. The van der Waals surface area contributed by atoms with E-state index >= 15 is 0 Å². The summed E-state index contributed by atoms with van der Waals surface area (Å²) in [6.45, 7) is 1.11. The van der Waals surface area contributed by atoms with Gasteiger partial charge in [-0.3, -0.25) is 9.69 Å². The number of carbonyl (C=O) groups is 2. The van der Waals surface area contributed by atoms with Gasteiger partial charge in [0.15, 0.2) is 0 Å². The fraction of sp³-hybridized carbons (Fsp3) is 0.429. The molecular weight excluding hydrogens is 301 g/mol. The Bertz CT molecular complexity index is 576. The highest BCUT2D eigenvalue weighted by Crippen LogP contribution is 2.43. The van der Waals surface area contributed by atoms with E-state index in [1.807, 2.05) is 0 Å². The Morgan fingerprint density at radius 2 is 1.86 bits per heavy atom. The van der Waals surface area contributed by atoms with Crippen LogP contribution in [0.25, 0.3) is 0 Å². The van der Waals surface area contributed by atoms with Crippen molar-refractivity contribution in [2.75, 3.05) is 6.54 Å². The maximum atomic E-state index is 13.6. The van der Waals surface area contributed by atoms with Gasteiger partial charge < -0.3 is 10.4 Å². The topological polar surface area (TPSA) is 69.6 Å². The SMILES string of the molecule is CC[C@@H](O)CN1C(=O)N[C@@](c2ccccc2)(C(F)(F)F)C1=O. The van der Waals surface area contributed by atoms with Crippen LogP contribution in [-0.4, -0.2) is 40.8 Å². The summed E-state index contributed by atoms with van der Waals surface area (Å²) >= 11 is 0. The van der Waals surface area contributed by atoms with Gasteiger partial charge in [-0.25, -0.2) is 4.79 Å². The minimum atomic E-state index is -5.01. The highest BCUT2D eigenvalue weighted by molar-refractivity contribution is 6.08. The van der Waals surface area contributed by atoms with Gasteiger partial charge in [0.25, 0.3) is 5.91 Å². The summed E-state index contributed by atoms with van der Waals surface area (Å²) in [4.78, 5) is 24.6. The molecule has 2 atom stereocenters. The highest BCUT2D eigenvalue weighted by Gasteiger charge is 2.68. The van der Waals surface area contributed by atoms with Crippen LogP contribution in [0.15, 0.2) is 30.3 Å². The lowest BCUT2D eigenvalue weighted by Gasteiger charge is -2.29. The monoisotopic (exact) mass is 316 g/mol. The molecule has 1 aliphatic rings. The molecule has 120 valence electrons. The molecule has 0 unspecified atom stereocenters. The minimum Gasteiger partial charge on any atom is -0.391 e. The first-order valence-electron chi connectivity index (χ1n) is 6.68. The second-order valence-electron chi connectivity index (χ2n) is 5.02. The van der Waals surface area contributed by atoms with E-state index in [9.17, 15) is 27.9 Å². The van der Waals surface area contributed by atoms with Gasteiger partial charge in [-0.15, -0.1) is 0 Å². The van der Waals surface area contributed by atoms with Crippen LogP contribution >= 0.6 is 0 Å². The third-order valence-corrected chi connectivity index (χ3v) is 3.60. The Morgan fingerprint density at radius 3 is 2.36 bits per heavy atom. The summed E-state index contributed by atoms with van der Waals surface area (Å²) in [5, 5.41) is 11.3. The van der Waals surface area contributed by atoms with E-state index in [4.69, 9.17) is 0 Å². The minimum absolute atomic E-state index is 0.210. The van der Waals surface area contributed by atoms with Gasteiger partial charge in [-0.1, -0.05) is 37.3 Å². The molecule has 22 heavy (non-hydrogen) atoms. The van der Waals surface area contributed by atoms with Gasteiger partial charge in [0, 0.05) is 0 Å². The summed E-state index contributed by atoms with van der Waals surface area (Å²) in [6, 6.07) is 5.31. The van der Waals surface area contributed by atoms with E-state index in [1.54, 1.807) is 12.2 Å². The molecule has 0 spiro atoms. The summed E-state index contributed by atoms with van der Waals surface area (Å²) in [7, 11) is 0. The van der Waals surface area contributed by atoms with Gasteiger partial charge in [-0.05, 0) is 12.0 Å². The van der Waals surface area contributed by atoms with Crippen LogP contribution in [0, 0.1) is 0 Å². The summed E-state index contributed by atoms with van der Waals surface area (Å²) in [6.07, 6.45) is -5.87. The second kappa shape index (κ2) is 5.60. The zero-order chi connectivity index (χ0) is 16.5. The number of hydrogen-bond acceptors (Lipinski definition) is 3. The third kappa shape index (κ3) is 2.43. The standard InChI is InChI=1S/C14H15F3N2O3/c1-2-10(20)8-19-11(21)13(14(15,16)17,18-12(19)22)9-6-4-3-5-7-9/h3-7,10,20H,2,8H2,1H3,(H,18,22)/t10-,13-/m1/s1. The number of alkyl halides is 3. The number of nitrogens with one attached hydrogen (secondary N) is 1. The van der Waals surface area contributed by atoms with Gasteiger partial charge >= 0.3 is 12.2 Å². The molecule has 0 aromatic heterocycles. The van der Waals surface area contributed by atoms with E-state index in [-0.39, 0.29) is 12.0 Å². The molecule has 1 saturated heterocycles. The smallest absolute Gasteiger partial charge is 0.391 e. The molecule has 1 fully saturated rings. The quantitative estimate of drug-likeness (QED) is 0.832. The number of nitrogens with zero attached hydrogens (tertiary/aromatic N) is 1. The molecule has 0 saturated carbocycles. The first-order valence-corrected chi connectivity index (χ1v) is 6.68. The van der Waals surface area contributed by atoms with E-state index in [2.05, 4.69) is 0 Å².